The molecule has 0 aliphatic rings. The smallest absolute Gasteiger partial charge is 0.255 e. The summed E-state index contributed by atoms with van der Waals surface area (Å²) in [6.07, 6.45) is 3.45. The van der Waals surface area contributed by atoms with E-state index in [9.17, 15) is 4.79 Å². The topological polar surface area (TPSA) is 90.5 Å². The number of carbonyl (C=O) groups excluding carboxylic acids is 1. The Hall–Kier alpha value is -3.03. The van der Waals surface area contributed by atoms with Crippen LogP contribution in [0.4, 0.5) is 5.69 Å². The van der Waals surface area contributed by atoms with Crippen molar-refractivity contribution in [2.45, 2.75) is 39.8 Å². The van der Waals surface area contributed by atoms with Gasteiger partial charge in [-0.15, -0.1) is 5.10 Å². The predicted octanol–water partition coefficient (Wildman–Crippen LogP) is 2.95. The second-order valence-corrected chi connectivity index (χ2v) is 6.38. The highest BCUT2D eigenvalue weighted by Gasteiger charge is 2.14. The average Bonchev–Trinajstić information content (AvgIpc) is 3.24. The fourth-order valence-electron chi connectivity index (χ4n) is 2.42. The lowest BCUT2D eigenvalue weighted by Crippen LogP contribution is -2.12. The molecule has 0 fully saturated rings. The predicted molar refractivity (Wildman–Crippen MR) is 94.2 cm³/mol. The van der Waals surface area contributed by atoms with E-state index < -0.39 is 0 Å². The Morgan fingerprint density at radius 3 is 2.64 bits per heavy atom. The number of tetrazole rings is 1. The Morgan fingerprint density at radius 1 is 1.16 bits per heavy atom. The first-order chi connectivity index (χ1) is 12.0. The minimum Gasteiger partial charge on any atom is -0.319 e. The van der Waals surface area contributed by atoms with Crippen molar-refractivity contribution in [3.63, 3.8) is 0 Å². The molecule has 1 aromatic carbocycles. The summed E-state index contributed by atoms with van der Waals surface area (Å²) in [5.74, 6) is 0.436. The molecule has 0 radical (unpaired) electrons. The lowest BCUT2D eigenvalue weighted by atomic mass is 10.1. The fraction of sp³-hybridized carbons (Fsp3) is 0.353. The Bertz CT molecular complexity index is 879. The Labute approximate surface area is 145 Å². The molecule has 1 N–H and O–H groups in total. The molecule has 0 aliphatic carbocycles. The van der Waals surface area contributed by atoms with Gasteiger partial charge in [-0.3, -0.25) is 9.48 Å². The average molecular weight is 339 g/mol. The fourth-order valence-corrected chi connectivity index (χ4v) is 2.42. The zero-order valence-corrected chi connectivity index (χ0v) is 14.7. The van der Waals surface area contributed by atoms with Gasteiger partial charge in [0.2, 0.25) is 0 Å². The summed E-state index contributed by atoms with van der Waals surface area (Å²) < 4.78 is 3.52. The summed E-state index contributed by atoms with van der Waals surface area (Å²) in [4.78, 5) is 12.5. The SMILES string of the molecule is CC(C)n1cc(NC(=O)c2cccc(-c3nnnn3C(C)C)c2)cn1. The number of carbonyl (C=O) groups is 1. The number of amides is 1. The minimum atomic E-state index is -0.200. The van der Waals surface area contributed by atoms with Crippen molar-refractivity contribution in [3.8, 4) is 11.4 Å². The van der Waals surface area contributed by atoms with Crippen LogP contribution in [0.15, 0.2) is 36.7 Å². The van der Waals surface area contributed by atoms with Gasteiger partial charge in [0.25, 0.3) is 5.91 Å². The van der Waals surface area contributed by atoms with Crippen LogP contribution in [-0.2, 0) is 0 Å². The molecule has 0 saturated heterocycles. The van der Waals surface area contributed by atoms with Gasteiger partial charge < -0.3 is 5.32 Å². The van der Waals surface area contributed by atoms with Crippen molar-refractivity contribution in [2.24, 2.45) is 0 Å². The lowest BCUT2D eigenvalue weighted by molar-refractivity contribution is 0.102. The normalized spacial score (nSPS) is 11.3. The molecular formula is C17H21N7O. The molecule has 3 aromatic rings. The minimum absolute atomic E-state index is 0.129. The summed E-state index contributed by atoms with van der Waals surface area (Å²) in [5, 5.41) is 18.9. The van der Waals surface area contributed by atoms with E-state index in [1.165, 1.54) is 0 Å². The van der Waals surface area contributed by atoms with Gasteiger partial charge >= 0.3 is 0 Å². The van der Waals surface area contributed by atoms with Crippen LogP contribution in [0.25, 0.3) is 11.4 Å². The van der Waals surface area contributed by atoms with Gasteiger partial charge in [0.1, 0.15) is 0 Å². The van der Waals surface area contributed by atoms with Crippen LogP contribution >= 0.6 is 0 Å². The second kappa shape index (κ2) is 6.84. The zero-order chi connectivity index (χ0) is 18.0. The molecule has 0 bridgehead atoms. The molecule has 2 aromatic heterocycles. The highest BCUT2D eigenvalue weighted by molar-refractivity contribution is 6.04. The summed E-state index contributed by atoms with van der Waals surface area (Å²) in [6, 6.07) is 7.62. The summed E-state index contributed by atoms with van der Waals surface area (Å²) >= 11 is 0. The number of benzene rings is 1. The third-order valence-corrected chi connectivity index (χ3v) is 3.75. The summed E-state index contributed by atoms with van der Waals surface area (Å²) in [7, 11) is 0. The van der Waals surface area contributed by atoms with Gasteiger partial charge in [-0.25, -0.2) is 4.68 Å². The van der Waals surface area contributed by atoms with E-state index in [2.05, 4.69) is 25.9 Å². The molecule has 0 atom stereocenters. The van der Waals surface area contributed by atoms with Crippen molar-refractivity contribution < 1.29 is 4.79 Å². The largest absolute Gasteiger partial charge is 0.319 e. The lowest BCUT2D eigenvalue weighted by Gasteiger charge is -2.09. The summed E-state index contributed by atoms with van der Waals surface area (Å²) in [5.41, 5.74) is 1.99. The maximum atomic E-state index is 12.5. The first-order valence-corrected chi connectivity index (χ1v) is 8.19. The third-order valence-electron chi connectivity index (χ3n) is 3.75. The monoisotopic (exact) mass is 339 g/mol. The highest BCUT2D eigenvalue weighted by atomic mass is 16.1. The van der Waals surface area contributed by atoms with Gasteiger partial charge in [0.05, 0.1) is 17.9 Å². The van der Waals surface area contributed by atoms with Crippen molar-refractivity contribution in [2.75, 3.05) is 5.32 Å². The van der Waals surface area contributed by atoms with E-state index in [1.807, 2.05) is 46.0 Å². The zero-order valence-electron chi connectivity index (χ0n) is 14.7. The van der Waals surface area contributed by atoms with Crippen LogP contribution in [0.1, 0.15) is 50.1 Å². The van der Waals surface area contributed by atoms with E-state index in [0.717, 1.165) is 5.56 Å². The number of hydrogen-bond acceptors (Lipinski definition) is 5. The quantitative estimate of drug-likeness (QED) is 0.772. The maximum Gasteiger partial charge on any atom is 0.255 e. The van der Waals surface area contributed by atoms with Gasteiger partial charge in [-0.05, 0) is 50.3 Å². The highest BCUT2D eigenvalue weighted by Crippen LogP contribution is 2.21. The van der Waals surface area contributed by atoms with Crippen LogP contribution in [-0.4, -0.2) is 35.9 Å². The van der Waals surface area contributed by atoms with Gasteiger partial charge in [0.15, 0.2) is 5.82 Å². The Kier molecular flexibility index (Phi) is 4.60. The molecule has 0 saturated carbocycles. The first-order valence-electron chi connectivity index (χ1n) is 8.19. The first kappa shape index (κ1) is 16.8. The van der Waals surface area contributed by atoms with Crippen LogP contribution in [0.3, 0.4) is 0 Å². The summed E-state index contributed by atoms with van der Waals surface area (Å²) in [6.45, 7) is 8.06. The number of aromatic nitrogens is 6. The van der Waals surface area contributed by atoms with E-state index in [4.69, 9.17) is 0 Å². The number of anilines is 1. The third kappa shape index (κ3) is 3.57. The van der Waals surface area contributed by atoms with Gasteiger partial charge in [-0.1, -0.05) is 12.1 Å². The number of hydrogen-bond donors (Lipinski definition) is 1. The molecule has 2 heterocycles. The molecule has 8 nitrogen and oxygen atoms in total. The molecule has 0 aliphatic heterocycles. The van der Waals surface area contributed by atoms with Gasteiger partial charge in [-0.2, -0.15) is 5.10 Å². The van der Waals surface area contributed by atoms with Crippen LogP contribution in [0.2, 0.25) is 0 Å². The number of rotatable bonds is 5. The Morgan fingerprint density at radius 2 is 1.96 bits per heavy atom. The van der Waals surface area contributed by atoms with Gasteiger partial charge in [0, 0.05) is 23.4 Å². The van der Waals surface area contributed by atoms with Crippen molar-refractivity contribution in [1.82, 2.24) is 30.0 Å². The molecule has 0 spiro atoms. The van der Waals surface area contributed by atoms with Crippen molar-refractivity contribution >= 4 is 11.6 Å². The Balaban J connectivity index is 1.83. The van der Waals surface area contributed by atoms with Crippen molar-refractivity contribution in [1.29, 1.82) is 0 Å². The van der Waals surface area contributed by atoms with Crippen LogP contribution < -0.4 is 5.32 Å². The molecule has 25 heavy (non-hydrogen) atoms. The molecule has 130 valence electrons. The van der Waals surface area contributed by atoms with Crippen LogP contribution in [0, 0.1) is 0 Å². The molecule has 8 heteroatoms. The molecular weight excluding hydrogens is 318 g/mol. The number of nitrogens with zero attached hydrogens (tertiary/aromatic N) is 6. The molecule has 1 amide bonds. The van der Waals surface area contributed by atoms with E-state index >= 15 is 0 Å². The molecule has 0 unspecified atom stereocenters. The number of nitrogens with one attached hydrogen (secondary N) is 1. The maximum absolute atomic E-state index is 12.5. The standard InChI is InChI=1S/C17H21N7O/c1-11(2)23-10-15(9-18-23)19-17(25)14-7-5-6-13(8-14)16-20-21-22-24(16)12(3)4/h5-12H,1-4H3,(H,19,25). The molecule has 3 rings (SSSR count). The van der Waals surface area contributed by atoms with Crippen LogP contribution in [0.5, 0.6) is 0 Å². The van der Waals surface area contributed by atoms with E-state index in [-0.39, 0.29) is 18.0 Å². The van der Waals surface area contributed by atoms with E-state index in [0.29, 0.717) is 17.1 Å². The second-order valence-electron chi connectivity index (χ2n) is 6.38. The van der Waals surface area contributed by atoms with Crippen molar-refractivity contribution in [3.05, 3.63) is 42.2 Å². The van der Waals surface area contributed by atoms with E-state index in [1.54, 1.807) is 27.7 Å².